The summed E-state index contributed by atoms with van der Waals surface area (Å²) in [5.74, 6) is -1.21. The summed E-state index contributed by atoms with van der Waals surface area (Å²) in [5, 5.41) is 13.3. The van der Waals surface area contributed by atoms with Crippen LogP contribution in [0, 0.1) is 22.9 Å². The molecule has 2 rings (SSSR count). The van der Waals surface area contributed by atoms with E-state index in [1.807, 2.05) is 0 Å². The van der Waals surface area contributed by atoms with Gasteiger partial charge in [-0.25, -0.2) is 4.39 Å². The van der Waals surface area contributed by atoms with Crippen molar-refractivity contribution in [2.24, 2.45) is 0 Å². The maximum Gasteiger partial charge on any atom is 0.295 e. The number of halogens is 1. The Kier molecular flexibility index (Phi) is 3.74. The predicted octanol–water partition coefficient (Wildman–Crippen LogP) is 3.29. The fraction of sp³-hybridized carbons (Fsp3) is 0.0714. The SMILES string of the molecule is Cc1ccccc1C(=O)Nc1ccc(F)cc1[N+](=O)[O-]. The number of aryl methyl sites for hydroxylation is 1. The molecule has 1 N–H and O–H groups in total. The van der Waals surface area contributed by atoms with Crippen LogP contribution in [-0.4, -0.2) is 10.8 Å². The van der Waals surface area contributed by atoms with Crippen molar-refractivity contribution >= 4 is 17.3 Å². The van der Waals surface area contributed by atoms with E-state index in [2.05, 4.69) is 5.32 Å². The Morgan fingerprint density at radius 2 is 1.95 bits per heavy atom. The van der Waals surface area contributed by atoms with Gasteiger partial charge in [-0.2, -0.15) is 0 Å². The molecule has 0 saturated heterocycles. The Balaban J connectivity index is 2.33. The maximum atomic E-state index is 13.0. The van der Waals surface area contributed by atoms with Crippen LogP contribution in [0.4, 0.5) is 15.8 Å². The van der Waals surface area contributed by atoms with E-state index >= 15 is 0 Å². The molecule has 0 atom stereocenters. The van der Waals surface area contributed by atoms with Gasteiger partial charge in [-0.15, -0.1) is 0 Å². The number of carbonyl (C=O) groups is 1. The first kappa shape index (κ1) is 13.7. The third-order valence-corrected chi connectivity index (χ3v) is 2.79. The number of hydrogen-bond donors (Lipinski definition) is 1. The minimum Gasteiger partial charge on any atom is -0.316 e. The summed E-state index contributed by atoms with van der Waals surface area (Å²) >= 11 is 0. The Hall–Kier alpha value is -2.76. The molecule has 0 radical (unpaired) electrons. The van der Waals surface area contributed by atoms with Crippen LogP contribution in [0.1, 0.15) is 15.9 Å². The van der Waals surface area contributed by atoms with Crippen molar-refractivity contribution in [2.75, 3.05) is 5.32 Å². The first-order valence-corrected chi connectivity index (χ1v) is 5.80. The molecule has 0 saturated carbocycles. The van der Waals surface area contributed by atoms with Gasteiger partial charge in [-0.05, 0) is 30.7 Å². The first-order valence-electron chi connectivity index (χ1n) is 5.80. The summed E-state index contributed by atoms with van der Waals surface area (Å²) < 4.78 is 13.0. The average Bonchev–Trinajstić information content (AvgIpc) is 2.41. The van der Waals surface area contributed by atoms with E-state index < -0.39 is 22.3 Å². The van der Waals surface area contributed by atoms with Crippen molar-refractivity contribution in [3.63, 3.8) is 0 Å². The van der Waals surface area contributed by atoms with Gasteiger partial charge in [0.05, 0.1) is 11.0 Å². The molecule has 0 spiro atoms. The summed E-state index contributed by atoms with van der Waals surface area (Å²) in [6, 6.07) is 9.85. The van der Waals surface area contributed by atoms with Crippen molar-refractivity contribution in [3.8, 4) is 0 Å². The van der Waals surface area contributed by atoms with E-state index in [1.54, 1.807) is 31.2 Å². The van der Waals surface area contributed by atoms with Crippen LogP contribution in [0.2, 0.25) is 0 Å². The molecule has 1 amide bonds. The summed E-state index contributed by atoms with van der Waals surface area (Å²) in [4.78, 5) is 22.2. The van der Waals surface area contributed by atoms with Crippen molar-refractivity contribution in [1.29, 1.82) is 0 Å². The summed E-state index contributed by atoms with van der Waals surface area (Å²) in [7, 11) is 0. The van der Waals surface area contributed by atoms with Crippen LogP contribution in [0.5, 0.6) is 0 Å². The van der Waals surface area contributed by atoms with E-state index in [9.17, 15) is 19.3 Å². The highest BCUT2D eigenvalue weighted by Gasteiger charge is 2.18. The fourth-order valence-corrected chi connectivity index (χ4v) is 1.78. The lowest BCUT2D eigenvalue weighted by Gasteiger charge is -2.08. The molecule has 102 valence electrons. The normalized spacial score (nSPS) is 10.1. The highest BCUT2D eigenvalue weighted by Crippen LogP contribution is 2.25. The van der Waals surface area contributed by atoms with Crippen LogP contribution in [-0.2, 0) is 0 Å². The second-order valence-electron chi connectivity index (χ2n) is 4.19. The summed E-state index contributed by atoms with van der Waals surface area (Å²) in [6.07, 6.45) is 0. The van der Waals surface area contributed by atoms with Crippen LogP contribution < -0.4 is 5.32 Å². The number of hydrogen-bond acceptors (Lipinski definition) is 3. The first-order chi connectivity index (χ1) is 9.49. The quantitative estimate of drug-likeness (QED) is 0.689. The molecule has 0 aliphatic heterocycles. The molecule has 5 nitrogen and oxygen atoms in total. The van der Waals surface area contributed by atoms with Crippen molar-refractivity contribution in [2.45, 2.75) is 6.92 Å². The second kappa shape index (κ2) is 5.48. The Morgan fingerprint density at radius 1 is 1.25 bits per heavy atom. The van der Waals surface area contributed by atoms with Gasteiger partial charge in [0, 0.05) is 5.56 Å². The predicted molar refractivity (Wildman–Crippen MR) is 72.2 cm³/mol. The molecule has 0 unspecified atom stereocenters. The molecule has 2 aromatic rings. The van der Waals surface area contributed by atoms with E-state index in [4.69, 9.17) is 0 Å². The topological polar surface area (TPSA) is 72.2 Å². The molecule has 0 heterocycles. The van der Waals surface area contributed by atoms with Gasteiger partial charge < -0.3 is 5.32 Å². The molecule has 20 heavy (non-hydrogen) atoms. The van der Waals surface area contributed by atoms with Gasteiger partial charge in [-0.3, -0.25) is 14.9 Å². The van der Waals surface area contributed by atoms with Gasteiger partial charge in [0.2, 0.25) is 0 Å². The third kappa shape index (κ3) is 2.80. The summed E-state index contributed by atoms with van der Waals surface area (Å²) in [5.41, 5.74) is 0.637. The number of amides is 1. The van der Waals surface area contributed by atoms with Gasteiger partial charge >= 0.3 is 0 Å². The molecule has 0 fully saturated rings. The van der Waals surface area contributed by atoms with E-state index in [1.165, 1.54) is 6.07 Å². The lowest BCUT2D eigenvalue weighted by Crippen LogP contribution is -2.14. The Labute approximate surface area is 114 Å². The highest BCUT2D eigenvalue weighted by atomic mass is 19.1. The van der Waals surface area contributed by atoms with Gasteiger partial charge in [0.25, 0.3) is 11.6 Å². The number of nitrogens with one attached hydrogen (secondary N) is 1. The number of nitro benzene ring substituents is 1. The number of nitrogens with zero attached hydrogens (tertiary/aromatic N) is 1. The zero-order valence-electron chi connectivity index (χ0n) is 10.6. The lowest BCUT2D eigenvalue weighted by atomic mass is 10.1. The lowest BCUT2D eigenvalue weighted by molar-refractivity contribution is -0.384. The van der Waals surface area contributed by atoms with E-state index in [0.717, 1.165) is 17.7 Å². The van der Waals surface area contributed by atoms with Crippen LogP contribution in [0.3, 0.4) is 0 Å². The molecule has 0 bridgehead atoms. The Morgan fingerprint density at radius 3 is 2.60 bits per heavy atom. The zero-order chi connectivity index (χ0) is 14.7. The zero-order valence-corrected chi connectivity index (χ0v) is 10.6. The highest BCUT2D eigenvalue weighted by molar-refractivity contribution is 6.06. The number of benzene rings is 2. The standard InChI is InChI=1S/C14H11FN2O3/c1-9-4-2-3-5-11(9)14(18)16-12-7-6-10(15)8-13(12)17(19)20/h2-8H,1H3,(H,16,18). The van der Waals surface area contributed by atoms with E-state index in [-0.39, 0.29) is 5.69 Å². The number of anilines is 1. The second-order valence-corrected chi connectivity index (χ2v) is 4.19. The van der Waals surface area contributed by atoms with Crippen LogP contribution >= 0.6 is 0 Å². The molecule has 2 aromatic carbocycles. The molecule has 0 aromatic heterocycles. The smallest absolute Gasteiger partial charge is 0.295 e. The summed E-state index contributed by atoms with van der Waals surface area (Å²) in [6.45, 7) is 1.76. The molecule has 6 heteroatoms. The maximum absolute atomic E-state index is 13.0. The van der Waals surface area contributed by atoms with Crippen LogP contribution in [0.15, 0.2) is 42.5 Å². The average molecular weight is 274 g/mol. The van der Waals surface area contributed by atoms with Gasteiger partial charge in [-0.1, -0.05) is 18.2 Å². The number of carbonyl (C=O) groups excluding carboxylic acids is 1. The van der Waals surface area contributed by atoms with Gasteiger partial charge in [0.1, 0.15) is 11.5 Å². The Bertz CT molecular complexity index is 686. The van der Waals surface area contributed by atoms with Crippen LogP contribution in [0.25, 0.3) is 0 Å². The minimum atomic E-state index is -0.740. The minimum absolute atomic E-state index is 0.0374. The van der Waals surface area contributed by atoms with E-state index in [0.29, 0.717) is 5.56 Å². The van der Waals surface area contributed by atoms with Crippen molar-refractivity contribution < 1.29 is 14.1 Å². The monoisotopic (exact) mass is 274 g/mol. The van der Waals surface area contributed by atoms with Crippen molar-refractivity contribution in [3.05, 3.63) is 69.5 Å². The molecular formula is C14H11FN2O3. The third-order valence-electron chi connectivity index (χ3n) is 2.79. The largest absolute Gasteiger partial charge is 0.316 e. The molecular weight excluding hydrogens is 263 g/mol. The fourth-order valence-electron chi connectivity index (χ4n) is 1.78. The number of rotatable bonds is 3. The van der Waals surface area contributed by atoms with Gasteiger partial charge in [0.15, 0.2) is 0 Å². The van der Waals surface area contributed by atoms with Crippen molar-refractivity contribution in [1.82, 2.24) is 0 Å². The molecule has 0 aliphatic carbocycles. The molecule has 0 aliphatic rings. The number of nitro groups is 1.